The highest BCUT2D eigenvalue weighted by Crippen LogP contribution is 2.50. The van der Waals surface area contributed by atoms with Crippen molar-refractivity contribution in [2.45, 2.75) is 64.5 Å². The van der Waals surface area contributed by atoms with E-state index in [1.807, 2.05) is 12.1 Å². The number of rotatable bonds is 13. The van der Waals surface area contributed by atoms with Crippen LogP contribution < -0.4 is 35.6 Å². The van der Waals surface area contributed by atoms with Crippen molar-refractivity contribution >= 4 is 23.5 Å². The quantitative estimate of drug-likeness (QED) is 0.239. The number of nitrogens with one attached hydrogen (secondary N) is 3. The van der Waals surface area contributed by atoms with Crippen LogP contribution >= 0.6 is 0 Å². The largest absolute Gasteiger partial charge is 0.493 e. The molecular weight excluding hydrogens is 542 g/mol. The first-order valence-corrected chi connectivity index (χ1v) is 14.0. The number of esters is 1. The summed E-state index contributed by atoms with van der Waals surface area (Å²) < 4.78 is 21.6. The fourth-order valence-corrected chi connectivity index (χ4v) is 5.21. The number of anilines is 1. The van der Waals surface area contributed by atoms with Gasteiger partial charge < -0.3 is 34.9 Å². The molecule has 0 radical (unpaired) electrons. The van der Waals surface area contributed by atoms with Gasteiger partial charge in [0.05, 0.1) is 40.2 Å². The molecule has 42 heavy (non-hydrogen) atoms. The number of amides is 2. The van der Waals surface area contributed by atoms with Crippen LogP contribution in [0, 0.1) is 0 Å². The minimum atomic E-state index is -0.686. The lowest BCUT2D eigenvalue weighted by Gasteiger charge is -2.19. The summed E-state index contributed by atoms with van der Waals surface area (Å²) in [5.41, 5.74) is 3.42. The molecule has 1 aliphatic carbocycles. The summed E-state index contributed by atoms with van der Waals surface area (Å²) in [4.78, 5) is 49.0. The van der Waals surface area contributed by atoms with Gasteiger partial charge in [0.25, 0.3) is 0 Å². The predicted molar refractivity (Wildman–Crippen MR) is 159 cm³/mol. The van der Waals surface area contributed by atoms with E-state index >= 15 is 0 Å². The van der Waals surface area contributed by atoms with Gasteiger partial charge in [0.15, 0.2) is 11.5 Å². The maximum atomic E-state index is 13.4. The number of hydrogen-bond acceptors (Lipinski definition) is 9. The maximum absolute atomic E-state index is 13.4. The molecule has 2 atom stereocenters. The second kappa shape index (κ2) is 15.1. The topological polar surface area (TPSA) is 141 Å². The highest BCUT2D eigenvalue weighted by atomic mass is 16.5. The van der Waals surface area contributed by atoms with Crippen LogP contribution in [0.25, 0.3) is 11.1 Å². The van der Waals surface area contributed by atoms with Gasteiger partial charge in [-0.25, -0.2) is 4.79 Å². The van der Waals surface area contributed by atoms with Crippen LogP contribution in [0.1, 0.15) is 63.1 Å². The number of aryl methyl sites for hydroxylation is 1. The van der Waals surface area contributed by atoms with Gasteiger partial charge in [-0.3, -0.25) is 14.4 Å². The van der Waals surface area contributed by atoms with Crippen molar-refractivity contribution in [3.05, 3.63) is 45.6 Å². The first-order valence-electron chi connectivity index (χ1n) is 14.0. The lowest BCUT2D eigenvalue weighted by atomic mass is 9.95. The summed E-state index contributed by atoms with van der Waals surface area (Å²) in [7, 11) is 5.95. The highest BCUT2D eigenvalue weighted by Gasteiger charge is 2.29. The van der Waals surface area contributed by atoms with Crippen LogP contribution in [0.5, 0.6) is 17.2 Å². The van der Waals surface area contributed by atoms with Gasteiger partial charge in [-0.15, -0.1) is 0 Å². The third-order valence-electron chi connectivity index (χ3n) is 7.24. The molecule has 0 saturated heterocycles. The van der Waals surface area contributed by atoms with Crippen LogP contribution in [0.3, 0.4) is 0 Å². The summed E-state index contributed by atoms with van der Waals surface area (Å²) in [6, 6.07) is 6.05. The molecule has 0 bridgehead atoms. The smallest absolute Gasteiger partial charge is 0.328 e. The minimum Gasteiger partial charge on any atom is -0.493 e. The van der Waals surface area contributed by atoms with Crippen molar-refractivity contribution in [3.63, 3.8) is 0 Å². The van der Waals surface area contributed by atoms with Crippen LogP contribution in [0.15, 0.2) is 29.1 Å². The SMILES string of the molecule is COC(=O)[C@H](C)NC(=O)CCCCCNc1ccc2c(cc1=O)[C@@H](NC(C)=O)CCc1cc(OC)c(OC)c(OC)c1-2. The number of methoxy groups -OCH3 is 4. The van der Waals surface area contributed by atoms with Crippen molar-refractivity contribution in [1.29, 1.82) is 0 Å². The Morgan fingerprint density at radius 3 is 2.36 bits per heavy atom. The molecule has 0 heterocycles. The summed E-state index contributed by atoms with van der Waals surface area (Å²) in [5, 5.41) is 8.84. The third kappa shape index (κ3) is 7.71. The molecule has 0 aromatic heterocycles. The Morgan fingerprint density at radius 1 is 0.976 bits per heavy atom. The number of fused-ring (bicyclic) bond motifs is 3. The second-order valence-electron chi connectivity index (χ2n) is 10.1. The van der Waals surface area contributed by atoms with E-state index < -0.39 is 12.0 Å². The predicted octanol–water partition coefficient (Wildman–Crippen LogP) is 3.51. The molecule has 2 amide bonds. The van der Waals surface area contributed by atoms with Gasteiger partial charge >= 0.3 is 5.97 Å². The van der Waals surface area contributed by atoms with Crippen LogP contribution in [0.2, 0.25) is 0 Å². The molecule has 1 aliphatic rings. The van der Waals surface area contributed by atoms with Crippen molar-refractivity contribution in [2.75, 3.05) is 40.3 Å². The summed E-state index contributed by atoms with van der Waals surface area (Å²) in [6.07, 6.45) is 3.63. The van der Waals surface area contributed by atoms with E-state index in [9.17, 15) is 19.2 Å². The number of carbonyl (C=O) groups excluding carboxylic acids is 3. The number of unbranched alkanes of at least 4 members (excludes halogenated alkanes) is 2. The molecule has 3 rings (SSSR count). The zero-order valence-corrected chi connectivity index (χ0v) is 25.2. The fraction of sp³-hybridized carbons (Fsp3) is 0.484. The molecular formula is C31H41N3O8. The van der Waals surface area contributed by atoms with E-state index in [0.29, 0.717) is 60.7 Å². The Morgan fingerprint density at radius 2 is 1.71 bits per heavy atom. The number of benzene rings is 1. The number of carbonyl (C=O) groups is 3. The van der Waals surface area contributed by atoms with Crippen LogP contribution in [0.4, 0.5) is 5.69 Å². The Bertz CT molecular complexity index is 1360. The monoisotopic (exact) mass is 583 g/mol. The normalized spacial score (nSPS) is 14.3. The molecule has 0 saturated carbocycles. The molecule has 2 aromatic rings. The second-order valence-corrected chi connectivity index (χ2v) is 10.1. The molecule has 3 N–H and O–H groups in total. The molecule has 0 fully saturated rings. The van der Waals surface area contributed by atoms with E-state index in [1.165, 1.54) is 14.0 Å². The van der Waals surface area contributed by atoms with Crippen molar-refractivity contribution in [3.8, 4) is 28.4 Å². The van der Waals surface area contributed by atoms with Crippen molar-refractivity contribution < 1.29 is 33.3 Å². The number of hydrogen-bond donors (Lipinski definition) is 3. The van der Waals surface area contributed by atoms with Gasteiger partial charge in [0.2, 0.25) is 23.0 Å². The van der Waals surface area contributed by atoms with Gasteiger partial charge in [-0.1, -0.05) is 12.5 Å². The van der Waals surface area contributed by atoms with Gasteiger partial charge in [0.1, 0.15) is 6.04 Å². The zero-order valence-electron chi connectivity index (χ0n) is 25.2. The van der Waals surface area contributed by atoms with E-state index in [4.69, 9.17) is 14.2 Å². The van der Waals surface area contributed by atoms with Crippen molar-refractivity contribution in [2.24, 2.45) is 0 Å². The molecule has 0 aliphatic heterocycles. The average Bonchev–Trinajstić information content (AvgIpc) is 3.21. The average molecular weight is 584 g/mol. The Kier molecular flexibility index (Phi) is 11.6. The van der Waals surface area contributed by atoms with Gasteiger partial charge in [0, 0.05) is 25.5 Å². The highest BCUT2D eigenvalue weighted by molar-refractivity contribution is 5.84. The van der Waals surface area contributed by atoms with E-state index in [0.717, 1.165) is 29.5 Å². The first kappa shape index (κ1) is 32.2. The van der Waals surface area contributed by atoms with Crippen LogP contribution in [-0.4, -0.2) is 58.8 Å². The molecule has 0 spiro atoms. The zero-order chi connectivity index (χ0) is 30.8. The lowest BCUT2D eigenvalue weighted by molar-refractivity contribution is -0.144. The summed E-state index contributed by atoms with van der Waals surface area (Å²) >= 11 is 0. The Balaban J connectivity index is 1.83. The van der Waals surface area contributed by atoms with E-state index in [1.54, 1.807) is 40.4 Å². The molecule has 0 unspecified atom stereocenters. The fourth-order valence-electron chi connectivity index (χ4n) is 5.21. The third-order valence-corrected chi connectivity index (χ3v) is 7.24. The molecule has 11 heteroatoms. The Hall–Kier alpha value is -4.28. The lowest BCUT2D eigenvalue weighted by Crippen LogP contribution is -2.39. The first-order chi connectivity index (χ1) is 20.1. The van der Waals surface area contributed by atoms with E-state index in [2.05, 4.69) is 20.7 Å². The van der Waals surface area contributed by atoms with Crippen LogP contribution in [-0.2, 0) is 25.5 Å². The molecule has 2 aromatic carbocycles. The standard InChI is InChI=1S/C31H41N3O8/c1-18(31(38)42-6)33-27(37)10-8-7-9-15-32-24-14-12-21-22(17-25(24)36)23(34-19(2)35)13-11-20-16-26(39-3)29(40-4)30(41-5)28(20)21/h12,14,16-18,23H,7-11,13,15H2,1-6H3,(H,32,36)(H,33,37)(H,34,35)/t18-,23-/m0/s1. The molecule has 228 valence electrons. The van der Waals surface area contributed by atoms with Gasteiger partial charge in [-0.05, 0) is 67.5 Å². The van der Waals surface area contributed by atoms with E-state index in [-0.39, 0.29) is 23.3 Å². The minimum absolute atomic E-state index is 0.190. The van der Waals surface area contributed by atoms with Crippen molar-refractivity contribution in [1.82, 2.24) is 10.6 Å². The maximum Gasteiger partial charge on any atom is 0.328 e. The summed E-state index contributed by atoms with van der Waals surface area (Å²) in [5.74, 6) is 0.592. The Labute approximate surface area is 246 Å². The summed E-state index contributed by atoms with van der Waals surface area (Å²) in [6.45, 7) is 3.57. The number of ether oxygens (including phenoxy) is 4. The molecule has 11 nitrogen and oxygen atoms in total. The van der Waals surface area contributed by atoms with Gasteiger partial charge in [-0.2, -0.15) is 0 Å².